The summed E-state index contributed by atoms with van der Waals surface area (Å²) in [6, 6.07) is 15.0. The molecule has 3 aromatic carbocycles. The normalized spacial score (nSPS) is 11.1. The molecule has 8 heteroatoms. The predicted octanol–water partition coefficient (Wildman–Crippen LogP) is 4.33. The Balaban J connectivity index is 1.82. The van der Waals surface area contributed by atoms with Crippen molar-refractivity contribution < 1.29 is 22.0 Å². The average Bonchev–Trinajstić information content (AvgIpc) is 2.63. The Morgan fingerprint density at radius 2 is 1.64 bits per heavy atom. The predicted molar refractivity (Wildman–Crippen MR) is 103 cm³/mol. The Labute approximate surface area is 161 Å². The summed E-state index contributed by atoms with van der Waals surface area (Å²) < 4.78 is 55.3. The number of hydrogen-bond acceptors (Lipinski definition) is 3. The maximum Gasteiger partial charge on any atom is 0.261 e. The number of sulfonamides is 1. The Morgan fingerprint density at radius 1 is 0.893 bits per heavy atom. The van der Waals surface area contributed by atoms with Gasteiger partial charge in [0.05, 0.1) is 16.1 Å². The largest absolute Gasteiger partial charge is 0.319 e. The van der Waals surface area contributed by atoms with Crippen LogP contribution in [0.25, 0.3) is 0 Å². The van der Waals surface area contributed by atoms with Crippen LogP contribution in [0, 0.1) is 18.6 Å². The lowest BCUT2D eigenvalue weighted by Gasteiger charge is -2.11. The second-order valence-corrected chi connectivity index (χ2v) is 7.73. The minimum atomic E-state index is -4.02. The molecule has 0 saturated heterocycles. The minimum Gasteiger partial charge on any atom is -0.319 e. The fourth-order valence-electron chi connectivity index (χ4n) is 2.52. The molecule has 0 aliphatic heterocycles. The van der Waals surface area contributed by atoms with E-state index in [0.717, 1.165) is 29.8 Å². The molecule has 3 aromatic rings. The Hall–Kier alpha value is -3.26. The zero-order valence-electron chi connectivity index (χ0n) is 14.7. The van der Waals surface area contributed by atoms with Crippen molar-refractivity contribution in [3.8, 4) is 0 Å². The molecule has 3 rings (SSSR count). The summed E-state index contributed by atoms with van der Waals surface area (Å²) in [6.07, 6.45) is 0. The van der Waals surface area contributed by atoms with Crippen LogP contribution < -0.4 is 10.0 Å². The first-order valence-electron chi connectivity index (χ1n) is 8.21. The molecule has 0 radical (unpaired) electrons. The minimum absolute atomic E-state index is 0.250. The molecule has 2 N–H and O–H groups in total. The Morgan fingerprint density at radius 3 is 2.32 bits per heavy atom. The highest BCUT2D eigenvalue weighted by Gasteiger charge is 2.18. The molecule has 0 saturated carbocycles. The smallest absolute Gasteiger partial charge is 0.261 e. The SMILES string of the molecule is Cc1cccc(NS(=O)(=O)c2ccc(NC(=O)c3ccccc3F)c(F)c2)c1. The second kappa shape index (κ2) is 7.77. The summed E-state index contributed by atoms with van der Waals surface area (Å²) >= 11 is 0. The molecule has 5 nitrogen and oxygen atoms in total. The lowest BCUT2D eigenvalue weighted by atomic mass is 10.2. The van der Waals surface area contributed by atoms with Crippen LogP contribution in [0.2, 0.25) is 0 Å². The molecule has 144 valence electrons. The molecule has 0 bridgehead atoms. The molecule has 0 spiro atoms. The summed E-state index contributed by atoms with van der Waals surface area (Å²) in [7, 11) is -4.02. The number of carbonyl (C=O) groups excluding carboxylic acids is 1. The van der Waals surface area contributed by atoms with Gasteiger partial charge in [-0.1, -0.05) is 24.3 Å². The van der Waals surface area contributed by atoms with Crippen molar-refractivity contribution in [3.05, 3.63) is 89.5 Å². The van der Waals surface area contributed by atoms with E-state index in [-0.39, 0.29) is 16.1 Å². The van der Waals surface area contributed by atoms with Crippen LogP contribution in [0.1, 0.15) is 15.9 Å². The van der Waals surface area contributed by atoms with Crippen molar-refractivity contribution in [2.24, 2.45) is 0 Å². The maximum absolute atomic E-state index is 14.4. The van der Waals surface area contributed by atoms with Crippen molar-refractivity contribution in [2.45, 2.75) is 11.8 Å². The summed E-state index contributed by atoms with van der Waals surface area (Å²) in [5.74, 6) is -2.55. The van der Waals surface area contributed by atoms with E-state index in [9.17, 15) is 22.0 Å². The maximum atomic E-state index is 14.4. The van der Waals surface area contributed by atoms with Gasteiger partial charge in [0.1, 0.15) is 11.6 Å². The van der Waals surface area contributed by atoms with Crippen LogP contribution in [0.5, 0.6) is 0 Å². The van der Waals surface area contributed by atoms with Gasteiger partial charge in [-0.05, 0) is 55.0 Å². The van der Waals surface area contributed by atoms with Gasteiger partial charge in [-0.2, -0.15) is 0 Å². The number of carbonyl (C=O) groups is 1. The third-order valence-electron chi connectivity index (χ3n) is 3.89. The fourth-order valence-corrected chi connectivity index (χ4v) is 3.58. The standard InChI is InChI=1S/C20H16F2N2O3S/c1-13-5-4-6-14(11-13)24-28(26,27)15-9-10-19(18(22)12-15)23-20(25)16-7-2-3-8-17(16)21/h2-12,24H,1H3,(H,23,25). The first-order chi connectivity index (χ1) is 13.3. The average molecular weight is 402 g/mol. The van der Waals surface area contributed by atoms with Gasteiger partial charge < -0.3 is 5.32 Å². The number of halogens is 2. The molecule has 0 aliphatic rings. The first-order valence-corrected chi connectivity index (χ1v) is 9.69. The summed E-state index contributed by atoms with van der Waals surface area (Å²) in [4.78, 5) is 11.8. The van der Waals surface area contributed by atoms with Crippen molar-refractivity contribution in [2.75, 3.05) is 10.0 Å². The zero-order chi connectivity index (χ0) is 20.3. The summed E-state index contributed by atoms with van der Waals surface area (Å²) in [6.45, 7) is 1.81. The molecule has 0 aromatic heterocycles. The van der Waals surface area contributed by atoms with E-state index in [0.29, 0.717) is 5.69 Å². The Kier molecular flexibility index (Phi) is 5.41. The van der Waals surface area contributed by atoms with Gasteiger partial charge in [-0.15, -0.1) is 0 Å². The number of amides is 1. The lowest BCUT2D eigenvalue weighted by Crippen LogP contribution is -2.16. The molecule has 0 fully saturated rings. The highest BCUT2D eigenvalue weighted by Crippen LogP contribution is 2.22. The number of rotatable bonds is 5. The van der Waals surface area contributed by atoms with E-state index < -0.39 is 27.6 Å². The number of nitrogens with one attached hydrogen (secondary N) is 2. The van der Waals surface area contributed by atoms with Crippen molar-refractivity contribution >= 4 is 27.3 Å². The van der Waals surface area contributed by atoms with Crippen LogP contribution in [0.15, 0.2) is 71.6 Å². The van der Waals surface area contributed by atoms with E-state index in [1.54, 1.807) is 18.2 Å². The molecule has 1 amide bonds. The summed E-state index contributed by atoms with van der Waals surface area (Å²) in [5, 5.41) is 2.23. The molecular formula is C20H16F2N2O3S. The van der Waals surface area contributed by atoms with E-state index in [4.69, 9.17) is 0 Å². The van der Waals surface area contributed by atoms with Gasteiger partial charge in [0.25, 0.3) is 15.9 Å². The molecule has 28 heavy (non-hydrogen) atoms. The number of anilines is 2. The first kappa shape index (κ1) is 19.5. The molecule has 0 aliphatic carbocycles. The zero-order valence-corrected chi connectivity index (χ0v) is 15.6. The van der Waals surface area contributed by atoms with E-state index >= 15 is 0 Å². The third-order valence-corrected chi connectivity index (χ3v) is 5.27. The number of hydrogen-bond donors (Lipinski definition) is 2. The number of benzene rings is 3. The second-order valence-electron chi connectivity index (χ2n) is 6.05. The molecule has 0 heterocycles. The quantitative estimate of drug-likeness (QED) is 0.667. The third kappa shape index (κ3) is 4.34. The lowest BCUT2D eigenvalue weighted by molar-refractivity contribution is 0.102. The van der Waals surface area contributed by atoms with Crippen LogP contribution in [0.3, 0.4) is 0 Å². The fraction of sp³-hybridized carbons (Fsp3) is 0.0500. The van der Waals surface area contributed by atoms with Gasteiger partial charge >= 0.3 is 0 Å². The van der Waals surface area contributed by atoms with Crippen LogP contribution in [0.4, 0.5) is 20.2 Å². The monoisotopic (exact) mass is 402 g/mol. The van der Waals surface area contributed by atoms with Crippen LogP contribution in [-0.2, 0) is 10.0 Å². The number of aryl methyl sites for hydroxylation is 1. The van der Waals surface area contributed by atoms with E-state index in [2.05, 4.69) is 10.0 Å². The van der Waals surface area contributed by atoms with Crippen molar-refractivity contribution in [1.82, 2.24) is 0 Å². The van der Waals surface area contributed by atoms with Gasteiger partial charge in [0.2, 0.25) is 0 Å². The highest BCUT2D eigenvalue weighted by molar-refractivity contribution is 7.92. The van der Waals surface area contributed by atoms with Gasteiger partial charge in [0.15, 0.2) is 0 Å². The van der Waals surface area contributed by atoms with Gasteiger partial charge in [-0.3, -0.25) is 9.52 Å². The van der Waals surface area contributed by atoms with Gasteiger partial charge in [-0.25, -0.2) is 17.2 Å². The van der Waals surface area contributed by atoms with E-state index in [1.165, 1.54) is 18.2 Å². The van der Waals surface area contributed by atoms with Crippen molar-refractivity contribution in [3.63, 3.8) is 0 Å². The topological polar surface area (TPSA) is 75.3 Å². The van der Waals surface area contributed by atoms with E-state index in [1.807, 2.05) is 13.0 Å². The molecule has 0 atom stereocenters. The van der Waals surface area contributed by atoms with Gasteiger partial charge in [0, 0.05) is 5.69 Å². The molecule has 0 unspecified atom stereocenters. The molecular weight excluding hydrogens is 386 g/mol. The van der Waals surface area contributed by atoms with Crippen LogP contribution in [-0.4, -0.2) is 14.3 Å². The Bertz CT molecular complexity index is 1150. The summed E-state index contributed by atoms with van der Waals surface area (Å²) in [5.41, 5.74) is 0.692. The van der Waals surface area contributed by atoms with Crippen molar-refractivity contribution in [1.29, 1.82) is 0 Å². The van der Waals surface area contributed by atoms with Crippen LogP contribution >= 0.6 is 0 Å². The highest BCUT2D eigenvalue weighted by atomic mass is 32.2.